The van der Waals surface area contributed by atoms with E-state index in [0.29, 0.717) is 50.8 Å². The highest BCUT2D eigenvalue weighted by atomic mass is 35.5. The van der Waals surface area contributed by atoms with Crippen molar-refractivity contribution in [2.45, 2.75) is 25.9 Å². The molecule has 0 radical (unpaired) electrons. The Balaban J connectivity index is 1.88. The van der Waals surface area contributed by atoms with Crippen molar-refractivity contribution in [1.29, 1.82) is 0 Å². The Kier molecular flexibility index (Phi) is 8.15. The maximum absolute atomic E-state index is 12.6. The summed E-state index contributed by atoms with van der Waals surface area (Å²) in [7, 11) is 0. The number of piperazine rings is 1. The second-order valence-corrected chi connectivity index (χ2v) is 6.53. The number of carbonyl (C=O) groups excluding carboxylic acids is 2. The molecule has 2 N–H and O–H groups in total. The second-order valence-electron chi connectivity index (χ2n) is 6.09. The summed E-state index contributed by atoms with van der Waals surface area (Å²) in [5.41, 5.74) is 0.956. The van der Waals surface area contributed by atoms with Gasteiger partial charge in [0.1, 0.15) is 0 Å². The first-order chi connectivity index (χ1) is 12.5. The maximum Gasteiger partial charge on any atom is 0.409 e. The summed E-state index contributed by atoms with van der Waals surface area (Å²) in [5.74, 6) is -0.126. The zero-order valence-corrected chi connectivity index (χ0v) is 15.7. The Labute approximate surface area is 158 Å². The lowest BCUT2D eigenvalue weighted by atomic mass is 10.1. The lowest BCUT2D eigenvalue weighted by Gasteiger charge is -2.38. The Morgan fingerprint density at radius 1 is 1.23 bits per heavy atom. The van der Waals surface area contributed by atoms with Crippen LogP contribution in [0.3, 0.4) is 0 Å². The minimum absolute atomic E-state index is 0.0723. The fraction of sp³-hybridized carbons (Fsp3) is 0.556. The SMILES string of the molecule is CCOC(=O)N1CCN(C(CCO)C(=O)NCc2ccc(Cl)cc2)CC1. The van der Waals surface area contributed by atoms with Crippen molar-refractivity contribution in [3.63, 3.8) is 0 Å². The Bertz CT molecular complexity index is 589. The number of halogens is 1. The lowest BCUT2D eigenvalue weighted by molar-refractivity contribution is -0.127. The third-order valence-corrected chi connectivity index (χ3v) is 4.62. The average molecular weight is 384 g/mol. The average Bonchev–Trinajstić information content (AvgIpc) is 2.66. The van der Waals surface area contributed by atoms with E-state index in [9.17, 15) is 14.7 Å². The molecule has 1 atom stereocenters. The molecule has 0 spiro atoms. The third-order valence-electron chi connectivity index (χ3n) is 4.37. The van der Waals surface area contributed by atoms with Gasteiger partial charge in [0.15, 0.2) is 0 Å². The van der Waals surface area contributed by atoms with E-state index in [2.05, 4.69) is 5.32 Å². The van der Waals surface area contributed by atoms with E-state index in [1.807, 2.05) is 17.0 Å². The van der Waals surface area contributed by atoms with Gasteiger partial charge in [0.05, 0.1) is 12.6 Å². The molecule has 0 aliphatic carbocycles. The Hall–Kier alpha value is -1.83. The van der Waals surface area contributed by atoms with Crippen LogP contribution in [-0.4, -0.2) is 72.3 Å². The second kappa shape index (κ2) is 10.4. The summed E-state index contributed by atoms with van der Waals surface area (Å²) in [4.78, 5) is 28.0. The number of aliphatic hydroxyl groups is 1. The van der Waals surface area contributed by atoms with Gasteiger partial charge in [0.2, 0.25) is 5.91 Å². The molecule has 1 saturated heterocycles. The van der Waals surface area contributed by atoms with Crippen LogP contribution in [-0.2, 0) is 16.1 Å². The van der Waals surface area contributed by atoms with Crippen LogP contribution in [0.1, 0.15) is 18.9 Å². The number of amides is 2. The van der Waals surface area contributed by atoms with E-state index in [1.54, 1.807) is 24.0 Å². The molecule has 0 bridgehead atoms. The number of aliphatic hydroxyl groups excluding tert-OH is 1. The van der Waals surface area contributed by atoms with Gasteiger partial charge in [-0.3, -0.25) is 9.69 Å². The van der Waals surface area contributed by atoms with E-state index in [4.69, 9.17) is 16.3 Å². The summed E-state index contributed by atoms with van der Waals surface area (Å²) in [5, 5.41) is 12.9. The van der Waals surface area contributed by atoms with Gasteiger partial charge in [0, 0.05) is 44.4 Å². The first-order valence-corrected chi connectivity index (χ1v) is 9.21. The molecule has 1 aliphatic heterocycles. The number of ether oxygens (including phenoxy) is 1. The minimum Gasteiger partial charge on any atom is -0.450 e. The number of nitrogens with one attached hydrogen (secondary N) is 1. The number of hydrogen-bond acceptors (Lipinski definition) is 5. The number of carbonyl (C=O) groups is 2. The van der Waals surface area contributed by atoms with E-state index < -0.39 is 6.04 Å². The molecule has 26 heavy (non-hydrogen) atoms. The summed E-state index contributed by atoms with van der Waals surface area (Å²) in [6.07, 6.45) is 0.0318. The highest BCUT2D eigenvalue weighted by Crippen LogP contribution is 2.12. The van der Waals surface area contributed by atoms with E-state index >= 15 is 0 Å². The van der Waals surface area contributed by atoms with Gasteiger partial charge < -0.3 is 20.1 Å². The Morgan fingerprint density at radius 3 is 2.46 bits per heavy atom. The zero-order chi connectivity index (χ0) is 18.9. The van der Waals surface area contributed by atoms with Crippen LogP contribution >= 0.6 is 11.6 Å². The topological polar surface area (TPSA) is 82.1 Å². The van der Waals surface area contributed by atoms with E-state index in [-0.39, 0.29) is 18.6 Å². The van der Waals surface area contributed by atoms with Crippen LogP contribution in [0.5, 0.6) is 0 Å². The molecular weight excluding hydrogens is 358 g/mol. The molecule has 7 nitrogen and oxygen atoms in total. The van der Waals surface area contributed by atoms with Crippen molar-refractivity contribution in [3.8, 4) is 0 Å². The highest BCUT2D eigenvalue weighted by Gasteiger charge is 2.30. The van der Waals surface area contributed by atoms with Gasteiger partial charge in [-0.05, 0) is 31.0 Å². The molecule has 1 aliphatic rings. The normalized spacial score (nSPS) is 16.2. The van der Waals surface area contributed by atoms with Crippen molar-refractivity contribution < 1.29 is 19.4 Å². The smallest absolute Gasteiger partial charge is 0.409 e. The summed E-state index contributed by atoms with van der Waals surface area (Å²) >= 11 is 5.86. The first-order valence-electron chi connectivity index (χ1n) is 8.84. The van der Waals surface area contributed by atoms with Crippen molar-refractivity contribution >= 4 is 23.6 Å². The predicted molar refractivity (Wildman–Crippen MR) is 99.0 cm³/mol. The molecule has 0 saturated carbocycles. The first kappa shape index (κ1) is 20.5. The van der Waals surface area contributed by atoms with Crippen LogP contribution in [0.2, 0.25) is 5.02 Å². The van der Waals surface area contributed by atoms with Gasteiger partial charge >= 0.3 is 6.09 Å². The molecule has 1 fully saturated rings. The predicted octanol–water partition coefficient (Wildman–Crippen LogP) is 1.48. The third kappa shape index (κ3) is 5.86. The van der Waals surface area contributed by atoms with Gasteiger partial charge in [-0.15, -0.1) is 0 Å². The summed E-state index contributed by atoms with van der Waals surface area (Å²) in [6.45, 7) is 4.60. The molecule has 0 aromatic heterocycles. The number of rotatable bonds is 7. The van der Waals surface area contributed by atoms with Gasteiger partial charge in [0.25, 0.3) is 0 Å². The fourth-order valence-electron chi connectivity index (χ4n) is 2.94. The van der Waals surface area contributed by atoms with E-state index in [1.165, 1.54) is 0 Å². The lowest BCUT2D eigenvalue weighted by Crippen LogP contribution is -2.56. The van der Waals surface area contributed by atoms with Crippen molar-refractivity contribution in [2.24, 2.45) is 0 Å². The van der Waals surface area contributed by atoms with Gasteiger partial charge in [-0.2, -0.15) is 0 Å². The van der Waals surface area contributed by atoms with Crippen LogP contribution in [0.15, 0.2) is 24.3 Å². The van der Waals surface area contributed by atoms with E-state index in [0.717, 1.165) is 5.56 Å². The zero-order valence-electron chi connectivity index (χ0n) is 15.0. The molecule has 1 aromatic carbocycles. The molecular formula is C18H26ClN3O4. The fourth-order valence-corrected chi connectivity index (χ4v) is 3.07. The monoisotopic (exact) mass is 383 g/mol. The van der Waals surface area contributed by atoms with Gasteiger partial charge in [-0.1, -0.05) is 23.7 Å². The van der Waals surface area contributed by atoms with Gasteiger partial charge in [-0.25, -0.2) is 4.79 Å². The summed E-state index contributed by atoms with van der Waals surface area (Å²) < 4.78 is 5.01. The highest BCUT2D eigenvalue weighted by molar-refractivity contribution is 6.30. The molecule has 2 amide bonds. The van der Waals surface area contributed by atoms with Crippen LogP contribution in [0.4, 0.5) is 4.79 Å². The quantitative estimate of drug-likeness (QED) is 0.745. The van der Waals surface area contributed by atoms with Crippen molar-refractivity contribution in [1.82, 2.24) is 15.1 Å². The van der Waals surface area contributed by atoms with Crippen molar-refractivity contribution in [3.05, 3.63) is 34.9 Å². The maximum atomic E-state index is 12.6. The molecule has 1 aromatic rings. The van der Waals surface area contributed by atoms with Crippen LogP contribution in [0.25, 0.3) is 0 Å². The molecule has 1 heterocycles. The molecule has 144 valence electrons. The Morgan fingerprint density at radius 2 is 1.88 bits per heavy atom. The van der Waals surface area contributed by atoms with Crippen molar-refractivity contribution in [2.75, 3.05) is 39.4 Å². The molecule has 1 unspecified atom stereocenters. The number of hydrogen-bond donors (Lipinski definition) is 2. The number of benzene rings is 1. The standard InChI is InChI=1S/C18H26ClN3O4/c1-2-26-18(25)22-10-8-21(9-11-22)16(7-12-23)17(24)20-13-14-3-5-15(19)6-4-14/h3-6,16,23H,2,7-13H2,1H3,(H,20,24). The molecule has 2 rings (SSSR count). The molecule has 8 heteroatoms. The van der Waals surface area contributed by atoms with Crippen LogP contribution in [0, 0.1) is 0 Å². The number of nitrogens with zero attached hydrogens (tertiary/aromatic N) is 2. The van der Waals surface area contributed by atoms with Crippen LogP contribution < -0.4 is 5.32 Å². The summed E-state index contributed by atoms with van der Waals surface area (Å²) in [6, 6.07) is 6.87. The largest absolute Gasteiger partial charge is 0.450 e. The minimum atomic E-state index is -0.420.